The van der Waals surface area contributed by atoms with Gasteiger partial charge in [0.25, 0.3) is 10.1 Å². The van der Waals surface area contributed by atoms with Crippen LogP contribution in [0.15, 0.2) is 0 Å². The van der Waals surface area contributed by atoms with Crippen LogP contribution in [0.4, 0.5) is 0 Å². The zero-order valence-corrected chi connectivity index (χ0v) is 21.9. The van der Waals surface area contributed by atoms with Crippen LogP contribution in [0.25, 0.3) is 0 Å². The fraction of sp³-hybridized carbons (Fsp3) is 0.913. The molecule has 0 saturated carbocycles. The molecule has 0 radical (unpaired) electrons. The van der Waals surface area contributed by atoms with Gasteiger partial charge in [0.1, 0.15) is 36.8 Å². The van der Waals surface area contributed by atoms with Gasteiger partial charge in [-0.25, -0.2) is 0 Å². The maximum Gasteiger partial charge on any atom is 0.306 e. The lowest BCUT2D eigenvalue weighted by atomic mass is 10.00. The number of hydrogen-bond acceptors (Lipinski definition) is 11. The molecule has 0 aromatic carbocycles. The maximum atomic E-state index is 12.3. The highest BCUT2D eigenvalue weighted by molar-refractivity contribution is 7.85. The summed E-state index contributed by atoms with van der Waals surface area (Å²) in [5, 5.41) is 30.2. The second-order valence-corrected chi connectivity index (χ2v) is 10.5. The Morgan fingerprint density at radius 1 is 0.833 bits per heavy atom. The van der Waals surface area contributed by atoms with E-state index in [0.717, 1.165) is 38.5 Å². The van der Waals surface area contributed by atoms with E-state index < -0.39 is 71.2 Å². The number of rotatable bonds is 18. The molecule has 1 heterocycles. The Hall–Kier alpha value is -1.35. The predicted molar refractivity (Wildman–Crippen MR) is 127 cm³/mol. The molecule has 0 aromatic heterocycles. The lowest BCUT2D eigenvalue weighted by Gasteiger charge is -2.40. The van der Waals surface area contributed by atoms with Gasteiger partial charge in [0.05, 0.1) is 6.61 Å². The monoisotopic (exact) mass is 542 g/mol. The zero-order valence-electron chi connectivity index (χ0n) is 21.1. The van der Waals surface area contributed by atoms with Crippen LogP contribution in [0.1, 0.15) is 78.1 Å². The standard InChI is InChI=1S/C23H42O12S/c1-3-5-7-9-11-18(24)32-13-16(34-19(25)12-10-8-6-4-2)14-33-23-22(28)21(27)20(26)17(35-23)15-36(29,30)31/h16-17,20-23,26-28H,3-15H2,1-2H3,(H,29,30,31)/t16-,17+,20+,21-,22+,23-/m0/s1. The smallest absolute Gasteiger partial charge is 0.306 e. The Balaban J connectivity index is 2.73. The van der Waals surface area contributed by atoms with E-state index in [1.807, 2.05) is 6.92 Å². The molecule has 1 rings (SSSR count). The Labute approximate surface area is 213 Å². The van der Waals surface area contributed by atoms with Gasteiger partial charge in [-0.2, -0.15) is 8.42 Å². The number of carbonyl (C=O) groups is 2. The van der Waals surface area contributed by atoms with E-state index in [-0.39, 0.29) is 19.4 Å². The molecule has 1 fully saturated rings. The minimum absolute atomic E-state index is 0.158. The minimum atomic E-state index is -4.57. The van der Waals surface area contributed by atoms with Gasteiger partial charge in [-0.3, -0.25) is 14.1 Å². The zero-order chi connectivity index (χ0) is 27.1. The van der Waals surface area contributed by atoms with Crippen molar-refractivity contribution < 1.29 is 56.8 Å². The second kappa shape index (κ2) is 17.2. The molecule has 212 valence electrons. The quantitative estimate of drug-likeness (QED) is 0.110. The van der Waals surface area contributed by atoms with E-state index in [2.05, 4.69) is 6.92 Å². The molecule has 6 atom stereocenters. The molecule has 0 bridgehead atoms. The summed E-state index contributed by atoms with van der Waals surface area (Å²) in [7, 11) is -4.57. The average molecular weight is 543 g/mol. The highest BCUT2D eigenvalue weighted by atomic mass is 32.2. The molecule has 13 heteroatoms. The van der Waals surface area contributed by atoms with Crippen molar-refractivity contribution in [3.8, 4) is 0 Å². The van der Waals surface area contributed by atoms with E-state index in [4.69, 9.17) is 23.5 Å². The lowest BCUT2D eigenvalue weighted by Crippen LogP contribution is -2.60. The van der Waals surface area contributed by atoms with Crippen LogP contribution < -0.4 is 0 Å². The van der Waals surface area contributed by atoms with E-state index in [1.165, 1.54) is 0 Å². The summed E-state index contributed by atoms with van der Waals surface area (Å²) in [4.78, 5) is 24.3. The Kier molecular flexibility index (Phi) is 15.6. The molecule has 36 heavy (non-hydrogen) atoms. The SMILES string of the molecule is CCCCCCC(=O)OC[C@@H](CO[C@H]1O[C@H](CS(=O)(=O)O)[C@@H](O)[C@H](O)[C@H]1O)OC(=O)CCCCCC. The number of unbranched alkanes of at least 4 members (excludes halogenated alkanes) is 6. The summed E-state index contributed by atoms with van der Waals surface area (Å²) in [6, 6.07) is 0. The molecular formula is C23H42O12S. The van der Waals surface area contributed by atoms with Gasteiger partial charge in [0, 0.05) is 12.8 Å². The fourth-order valence-electron chi connectivity index (χ4n) is 3.61. The summed E-state index contributed by atoms with van der Waals surface area (Å²) in [6.45, 7) is 3.38. The third kappa shape index (κ3) is 13.3. The normalized spacial score (nSPS) is 25.3. The summed E-state index contributed by atoms with van der Waals surface area (Å²) < 4.78 is 52.7. The number of esters is 2. The van der Waals surface area contributed by atoms with Crippen molar-refractivity contribution >= 4 is 22.1 Å². The van der Waals surface area contributed by atoms with Crippen LogP contribution in [0.2, 0.25) is 0 Å². The van der Waals surface area contributed by atoms with Gasteiger partial charge in [-0.05, 0) is 12.8 Å². The molecule has 0 amide bonds. The first-order valence-corrected chi connectivity index (χ1v) is 14.2. The van der Waals surface area contributed by atoms with Gasteiger partial charge in [0.2, 0.25) is 0 Å². The first kappa shape index (κ1) is 32.7. The van der Waals surface area contributed by atoms with Crippen LogP contribution in [0.5, 0.6) is 0 Å². The number of aliphatic hydroxyl groups is 3. The number of ether oxygens (including phenoxy) is 4. The van der Waals surface area contributed by atoms with Gasteiger partial charge >= 0.3 is 11.9 Å². The van der Waals surface area contributed by atoms with Gasteiger partial charge < -0.3 is 34.3 Å². The van der Waals surface area contributed by atoms with E-state index in [9.17, 15) is 33.3 Å². The van der Waals surface area contributed by atoms with Crippen LogP contribution >= 0.6 is 0 Å². The molecule has 0 aliphatic carbocycles. The number of hydrogen-bond donors (Lipinski definition) is 4. The third-order valence-electron chi connectivity index (χ3n) is 5.69. The molecule has 0 aromatic rings. The van der Waals surface area contributed by atoms with Crippen molar-refractivity contribution in [2.24, 2.45) is 0 Å². The predicted octanol–water partition coefficient (Wildman–Crippen LogP) is 1.09. The first-order valence-electron chi connectivity index (χ1n) is 12.6. The summed E-state index contributed by atoms with van der Waals surface area (Å²) in [5.74, 6) is -2.02. The van der Waals surface area contributed by atoms with Gasteiger partial charge in [-0.1, -0.05) is 52.4 Å². The van der Waals surface area contributed by atoms with Crippen LogP contribution in [-0.4, -0.2) is 96.0 Å². The lowest BCUT2D eigenvalue weighted by molar-refractivity contribution is -0.297. The summed E-state index contributed by atoms with van der Waals surface area (Å²) in [6.07, 6.45) is -2.20. The van der Waals surface area contributed by atoms with Crippen LogP contribution in [0.3, 0.4) is 0 Å². The molecular weight excluding hydrogens is 500 g/mol. The fourth-order valence-corrected chi connectivity index (χ4v) is 4.30. The largest absolute Gasteiger partial charge is 0.462 e. The van der Waals surface area contributed by atoms with E-state index >= 15 is 0 Å². The Morgan fingerprint density at radius 2 is 1.42 bits per heavy atom. The average Bonchev–Trinajstić information content (AvgIpc) is 2.81. The van der Waals surface area contributed by atoms with Gasteiger partial charge in [0.15, 0.2) is 12.4 Å². The molecule has 12 nitrogen and oxygen atoms in total. The molecule has 0 unspecified atom stereocenters. The van der Waals surface area contributed by atoms with Crippen molar-refractivity contribution in [2.45, 2.75) is 115 Å². The maximum absolute atomic E-state index is 12.3. The molecule has 1 aliphatic heterocycles. The summed E-state index contributed by atoms with van der Waals surface area (Å²) in [5.41, 5.74) is 0. The van der Waals surface area contributed by atoms with E-state index in [1.54, 1.807) is 0 Å². The Morgan fingerprint density at radius 3 is 1.97 bits per heavy atom. The summed E-state index contributed by atoms with van der Waals surface area (Å²) >= 11 is 0. The molecule has 4 N–H and O–H groups in total. The molecule has 0 spiro atoms. The van der Waals surface area contributed by atoms with Crippen molar-refractivity contribution in [1.82, 2.24) is 0 Å². The number of carbonyl (C=O) groups excluding carboxylic acids is 2. The van der Waals surface area contributed by atoms with Crippen molar-refractivity contribution in [3.63, 3.8) is 0 Å². The highest BCUT2D eigenvalue weighted by Crippen LogP contribution is 2.23. The minimum Gasteiger partial charge on any atom is -0.462 e. The van der Waals surface area contributed by atoms with Crippen molar-refractivity contribution in [2.75, 3.05) is 19.0 Å². The second-order valence-electron chi connectivity index (χ2n) is 9.01. The Bertz CT molecular complexity index is 743. The van der Waals surface area contributed by atoms with Crippen LogP contribution in [0, 0.1) is 0 Å². The third-order valence-corrected chi connectivity index (χ3v) is 6.44. The number of aliphatic hydroxyl groups excluding tert-OH is 3. The highest BCUT2D eigenvalue weighted by Gasteiger charge is 2.46. The van der Waals surface area contributed by atoms with Gasteiger partial charge in [-0.15, -0.1) is 0 Å². The van der Waals surface area contributed by atoms with Crippen molar-refractivity contribution in [1.29, 1.82) is 0 Å². The molecule has 1 saturated heterocycles. The molecule has 1 aliphatic rings. The first-order chi connectivity index (χ1) is 17.0. The topological polar surface area (TPSA) is 186 Å². The van der Waals surface area contributed by atoms with Crippen LogP contribution in [-0.2, 0) is 38.7 Å². The van der Waals surface area contributed by atoms with E-state index in [0.29, 0.717) is 12.8 Å². The van der Waals surface area contributed by atoms with Crippen molar-refractivity contribution in [3.05, 3.63) is 0 Å².